The molecular weight excluding hydrogens is 230 g/mol. The van der Waals surface area contributed by atoms with Crippen LogP contribution in [-0.2, 0) is 4.74 Å². The molecular formula is C13H21N3O2. The number of anilines is 1. The van der Waals surface area contributed by atoms with E-state index >= 15 is 0 Å². The molecule has 2 rings (SSSR count). The molecule has 1 aliphatic heterocycles. The van der Waals surface area contributed by atoms with Gasteiger partial charge in [0.25, 0.3) is 0 Å². The van der Waals surface area contributed by atoms with Crippen molar-refractivity contribution in [2.75, 3.05) is 25.1 Å². The third-order valence-electron chi connectivity index (χ3n) is 3.17. The van der Waals surface area contributed by atoms with Crippen LogP contribution in [0.4, 0.5) is 5.82 Å². The highest BCUT2D eigenvalue weighted by atomic mass is 16.5. The average molecular weight is 251 g/mol. The average Bonchev–Trinajstić information content (AvgIpc) is 2.80. The van der Waals surface area contributed by atoms with E-state index in [0.717, 1.165) is 31.8 Å². The molecule has 1 fully saturated rings. The molecule has 2 unspecified atom stereocenters. The van der Waals surface area contributed by atoms with Crippen molar-refractivity contribution in [2.24, 2.45) is 5.92 Å². The predicted molar refractivity (Wildman–Crippen MR) is 69.8 cm³/mol. The van der Waals surface area contributed by atoms with Crippen molar-refractivity contribution in [1.29, 1.82) is 0 Å². The fourth-order valence-electron chi connectivity index (χ4n) is 2.00. The van der Waals surface area contributed by atoms with E-state index in [1.165, 1.54) is 6.33 Å². The molecule has 1 aromatic heterocycles. The van der Waals surface area contributed by atoms with Gasteiger partial charge in [-0.15, -0.1) is 0 Å². The van der Waals surface area contributed by atoms with Crippen LogP contribution in [0.5, 0.6) is 5.88 Å². The Labute approximate surface area is 108 Å². The standard InChI is InChI=1S/C13H21N3O2/c1-3-5-18-13-7-12(15-9-16-13)14-8-11-4-6-17-10(11)2/h7,9-11H,3-6,8H2,1-2H3,(H,14,15,16). The summed E-state index contributed by atoms with van der Waals surface area (Å²) in [5, 5.41) is 3.32. The Hall–Kier alpha value is -1.36. The molecule has 5 heteroatoms. The zero-order valence-electron chi connectivity index (χ0n) is 11.1. The Bertz CT molecular complexity index is 373. The second kappa shape index (κ2) is 6.54. The van der Waals surface area contributed by atoms with Crippen molar-refractivity contribution < 1.29 is 9.47 Å². The van der Waals surface area contributed by atoms with Crippen LogP contribution in [0.1, 0.15) is 26.7 Å². The van der Waals surface area contributed by atoms with Gasteiger partial charge >= 0.3 is 0 Å². The van der Waals surface area contributed by atoms with Crippen molar-refractivity contribution in [1.82, 2.24) is 9.97 Å². The van der Waals surface area contributed by atoms with Gasteiger partial charge in [0, 0.05) is 25.1 Å². The van der Waals surface area contributed by atoms with Gasteiger partial charge in [-0.05, 0) is 19.8 Å². The van der Waals surface area contributed by atoms with Crippen LogP contribution < -0.4 is 10.1 Å². The van der Waals surface area contributed by atoms with Crippen molar-refractivity contribution in [2.45, 2.75) is 32.8 Å². The highest BCUT2D eigenvalue weighted by Gasteiger charge is 2.23. The van der Waals surface area contributed by atoms with Gasteiger partial charge in [-0.25, -0.2) is 9.97 Å². The minimum Gasteiger partial charge on any atom is -0.478 e. The van der Waals surface area contributed by atoms with Gasteiger partial charge in [0.2, 0.25) is 5.88 Å². The van der Waals surface area contributed by atoms with Crippen LogP contribution in [0.15, 0.2) is 12.4 Å². The lowest BCUT2D eigenvalue weighted by Crippen LogP contribution is -2.21. The minimum atomic E-state index is 0.329. The maximum absolute atomic E-state index is 5.53. The van der Waals surface area contributed by atoms with E-state index in [-0.39, 0.29) is 0 Å². The van der Waals surface area contributed by atoms with Crippen molar-refractivity contribution in [3.63, 3.8) is 0 Å². The molecule has 0 saturated carbocycles. The summed E-state index contributed by atoms with van der Waals surface area (Å²) in [6.45, 7) is 6.62. The highest BCUT2D eigenvalue weighted by Crippen LogP contribution is 2.21. The molecule has 1 aromatic rings. The van der Waals surface area contributed by atoms with Gasteiger partial charge in [0.05, 0.1) is 12.7 Å². The highest BCUT2D eigenvalue weighted by molar-refractivity contribution is 5.37. The van der Waals surface area contributed by atoms with Crippen molar-refractivity contribution in [3.8, 4) is 5.88 Å². The molecule has 0 bridgehead atoms. The first-order valence-corrected chi connectivity index (χ1v) is 6.60. The van der Waals surface area contributed by atoms with Gasteiger partial charge in [-0.3, -0.25) is 0 Å². The first-order chi connectivity index (χ1) is 8.79. The summed E-state index contributed by atoms with van der Waals surface area (Å²) in [7, 11) is 0. The molecule has 100 valence electrons. The number of aromatic nitrogens is 2. The summed E-state index contributed by atoms with van der Waals surface area (Å²) in [4.78, 5) is 8.26. The smallest absolute Gasteiger partial charge is 0.218 e. The van der Waals surface area contributed by atoms with Crippen LogP contribution in [0.3, 0.4) is 0 Å². The summed E-state index contributed by atoms with van der Waals surface area (Å²) in [5.41, 5.74) is 0. The van der Waals surface area contributed by atoms with Gasteiger partial charge in [0.1, 0.15) is 12.1 Å². The van der Waals surface area contributed by atoms with Crippen LogP contribution in [0.25, 0.3) is 0 Å². The van der Waals surface area contributed by atoms with Crippen LogP contribution >= 0.6 is 0 Å². The summed E-state index contributed by atoms with van der Waals surface area (Å²) in [6.07, 6.45) is 3.94. The zero-order chi connectivity index (χ0) is 12.8. The van der Waals surface area contributed by atoms with Crippen LogP contribution in [-0.4, -0.2) is 35.8 Å². The lowest BCUT2D eigenvalue weighted by Gasteiger charge is -2.15. The fraction of sp³-hybridized carbons (Fsp3) is 0.692. The molecule has 0 aromatic carbocycles. The van der Waals surface area contributed by atoms with Gasteiger partial charge in [0.15, 0.2) is 0 Å². The Morgan fingerprint density at radius 1 is 1.50 bits per heavy atom. The number of rotatable bonds is 6. The maximum Gasteiger partial charge on any atom is 0.218 e. The quantitative estimate of drug-likeness (QED) is 0.839. The number of ether oxygens (including phenoxy) is 2. The molecule has 0 aliphatic carbocycles. The van der Waals surface area contributed by atoms with E-state index in [1.54, 1.807) is 0 Å². The summed E-state index contributed by atoms with van der Waals surface area (Å²) in [6, 6.07) is 1.84. The van der Waals surface area contributed by atoms with E-state index in [1.807, 2.05) is 6.07 Å². The Kier molecular flexibility index (Phi) is 4.75. The first kappa shape index (κ1) is 13.1. The number of nitrogens with one attached hydrogen (secondary N) is 1. The van der Waals surface area contributed by atoms with Crippen LogP contribution in [0.2, 0.25) is 0 Å². The Balaban J connectivity index is 1.84. The predicted octanol–water partition coefficient (Wildman–Crippen LogP) is 2.10. The van der Waals surface area contributed by atoms with E-state index in [0.29, 0.717) is 24.5 Å². The monoisotopic (exact) mass is 251 g/mol. The molecule has 18 heavy (non-hydrogen) atoms. The largest absolute Gasteiger partial charge is 0.478 e. The molecule has 1 N–H and O–H groups in total. The molecule has 1 aliphatic rings. The zero-order valence-corrected chi connectivity index (χ0v) is 11.1. The van der Waals surface area contributed by atoms with Gasteiger partial charge in [-0.2, -0.15) is 0 Å². The van der Waals surface area contributed by atoms with E-state index < -0.39 is 0 Å². The summed E-state index contributed by atoms with van der Waals surface area (Å²) < 4.78 is 11.0. The number of hydrogen-bond acceptors (Lipinski definition) is 5. The van der Waals surface area contributed by atoms with E-state index in [2.05, 4.69) is 29.1 Å². The normalized spacial score (nSPS) is 23.0. The molecule has 2 heterocycles. The van der Waals surface area contributed by atoms with Gasteiger partial charge in [-0.1, -0.05) is 6.92 Å². The SMILES string of the molecule is CCCOc1cc(NCC2CCOC2C)ncn1. The Morgan fingerprint density at radius 3 is 3.11 bits per heavy atom. The lowest BCUT2D eigenvalue weighted by atomic mass is 10.0. The van der Waals surface area contributed by atoms with E-state index in [4.69, 9.17) is 9.47 Å². The van der Waals surface area contributed by atoms with Crippen molar-refractivity contribution in [3.05, 3.63) is 12.4 Å². The molecule has 2 atom stereocenters. The molecule has 1 saturated heterocycles. The summed E-state index contributed by atoms with van der Waals surface area (Å²) in [5.74, 6) is 2.00. The molecule has 5 nitrogen and oxygen atoms in total. The molecule has 0 radical (unpaired) electrons. The van der Waals surface area contributed by atoms with Gasteiger partial charge < -0.3 is 14.8 Å². The topological polar surface area (TPSA) is 56.3 Å². The number of hydrogen-bond donors (Lipinski definition) is 1. The van der Waals surface area contributed by atoms with E-state index in [9.17, 15) is 0 Å². The number of nitrogens with zero attached hydrogens (tertiary/aromatic N) is 2. The second-order valence-electron chi connectivity index (χ2n) is 4.60. The summed E-state index contributed by atoms with van der Waals surface area (Å²) >= 11 is 0. The lowest BCUT2D eigenvalue weighted by molar-refractivity contribution is 0.108. The maximum atomic E-state index is 5.53. The van der Waals surface area contributed by atoms with Crippen LogP contribution in [0, 0.1) is 5.92 Å². The minimum absolute atomic E-state index is 0.329. The third kappa shape index (κ3) is 3.57. The Morgan fingerprint density at radius 2 is 2.39 bits per heavy atom. The molecule has 0 spiro atoms. The second-order valence-corrected chi connectivity index (χ2v) is 4.60. The van der Waals surface area contributed by atoms with Crippen molar-refractivity contribution >= 4 is 5.82 Å². The fourth-order valence-corrected chi connectivity index (χ4v) is 2.00. The first-order valence-electron chi connectivity index (χ1n) is 6.60. The molecule has 0 amide bonds. The third-order valence-corrected chi connectivity index (χ3v) is 3.17.